The molecule has 0 aromatic heterocycles. The monoisotopic (exact) mass is 355 g/mol. The van der Waals surface area contributed by atoms with Gasteiger partial charge in [0, 0.05) is 25.3 Å². The van der Waals surface area contributed by atoms with E-state index in [-0.39, 0.29) is 12.4 Å². The van der Waals surface area contributed by atoms with Crippen LogP contribution in [0.1, 0.15) is 17.5 Å². The molecule has 2 aromatic carbocycles. The smallest absolute Gasteiger partial charge is 0.120 e. The van der Waals surface area contributed by atoms with Crippen molar-refractivity contribution in [2.75, 3.05) is 20.3 Å². The highest BCUT2D eigenvalue weighted by Crippen LogP contribution is 2.16. The molecule has 2 rings (SSSR count). The van der Waals surface area contributed by atoms with Crippen LogP contribution in [0.25, 0.3) is 0 Å². The molecule has 126 valence electrons. The number of methoxy groups -OCH3 is 1. The quantitative estimate of drug-likeness (QED) is 0.673. The molecule has 0 heterocycles. The van der Waals surface area contributed by atoms with Crippen molar-refractivity contribution in [3.05, 3.63) is 64.7 Å². The van der Waals surface area contributed by atoms with E-state index in [2.05, 4.69) is 17.4 Å². The van der Waals surface area contributed by atoms with E-state index >= 15 is 0 Å². The molecule has 0 spiro atoms. The Labute approximate surface area is 149 Å². The Kier molecular flexibility index (Phi) is 9.72. The lowest BCUT2D eigenvalue weighted by molar-refractivity contribution is 0.194. The van der Waals surface area contributed by atoms with Crippen molar-refractivity contribution in [1.82, 2.24) is 5.32 Å². The molecule has 1 N–H and O–H groups in total. The molecular formula is C18H23Cl2NO2. The van der Waals surface area contributed by atoms with E-state index in [4.69, 9.17) is 21.1 Å². The summed E-state index contributed by atoms with van der Waals surface area (Å²) in [5.74, 6) is 0.881. The van der Waals surface area contributed by atoms with E-state index in [9.17, 15) is 0 Å². The minimum Gasteiger partial charge on any atom is -0.489 e. The van der Waals surface area contributed by atoms with E-state index in [1.807, 2.05) is 36.4 Å². The molecule has 0 saturated carbocycles. The van der Waals surface area contributed by atoms with Crippen LogP contribution in [0.2, 0.25) is 5.02 Å². The summed E-state index contributed by atoms with van der Waals surface area (Å²) in [6.45, 7) is 3.12. The second kappa shape index (κ2) is 11.3. The average molecular weight is 356 g/mol. The van der Waals surface area contributed by atoms with Crippen LogP contribution in [-0.2, 0) is 17.9 Å². The zero-order chi connectivity index (χ0) is 15.6. The molecule has 2 aromatic rings. The van der Waals surface area contributed by atoms with Gasteiger partial charge < -0.3 is 14.8 Å². The van der Waals surface area contributed by atoms with Gasteiger partial charge in [0.2, 0.25) is 0 Å². The van der Waals surface area contributed by atoms with Crippen LogP contribution in [0.4, 0.5) is 0 Å². The van der Waals surface area contributed by atoms with Crippen LogP contribution in [0.5, 0.6) is 5.75 Å². The van der Waals surface area contributed by atoms with Crippen LogP contribution in [0.3, 0.4) is 0 Å². The Morgan fingerprint density at radius 1 is 1.04 bits per heavy atom. The first-order valence-electron chi connectivity index (χ1n) is 7.44. The molecule has 0 aliphatic rings. The topological polar surface area (TPSA) is 30.5 Å². The summed E-state index contributed by atoms with van der Waals surface area (Å²) in [4.78, 5) is 0. The molecule has 0 aliphatic carbocycles. The van der Waals surface area contributed by atoms with E-state index in [1.165, 1.54) is 5.56 Å². The number of benzene rings is 2. The highest BCUT2D eigenvalue weighted by atomic mass is 35.5. The summed E-state index contributed by atoms with van der Waals surface area (Å²) in [6, 6.07) is 15.9. The Balaban J connectivity index is 0.00000264. The molecule has 0 amide bonds. The summed E-state index contributed by atoms with van der Waals surface area (Å²) in [5.41, 5.74) is 2.32. The molecule has 0 unspecified atom stereocenters. The molecule has 0 atom stereocenters. The first-order valence-corrected chi connectivity index (χ1v) is 7.81. The summed E-state index contributed by atoms with van der Waals surface area (Å²) in [6.07, 6.45) is 1.02. The SMILES string of the molecule is COCCCNCc1cccc(OCc2ccc(Cl)cc2)c1.Cl. The van der Waals surface area contributed by atoms with Gasteiger partial charge >= 0.3 is 0 Å². The Hall–Kier alpha value is -1.26. The standard InChI is InChI=1S/C18H22ClNO2.ClH/c1-21-11-3-10-20-13-16-4-2-5-18(12-16)22-14-15-6-8-17(19)9-7-15;/h2,4-9,12,20H,3,10-11,13-14H2,1H3;1H. The number of ether oxygens (including phenoxy) is 2. The Bertz CT molecular complexity index is 561. The van der Waals surface area contributed by atoms with Crippen molar-refractivity contribution in [2.24, 2.45) is 0 Å². The van der Waals surface area contributed by atoms with Crippen LogP contribution in [0, 0.1) is 0 Å². The van der Waals surface area contributed by atoms with E-state index in [1.54, 1.807) is 7.11 Å². The number of hydrogen-bond donors (Lipinski definition) is 1. The lowest BCUT2D eigenvalue weighted by atomic mass is 10.2. The van der Waals surface area contributed by atoms with E-state index in [0.29, 0.717) is 6.61 Å². The molecule has 0 fully saturated rings. The lowest BCUT2D eigenvalue weighted by Gasteiger charge is -2.09. The fourth-order valence-electron chi connectivity index (χ4n) is 2.07. The average Bonchev–Trinajstić information content (AvgIpc) is 2.55. The van der Waals surface area contributed by atoms with Gasteiger partial charge in [-0.2, -0.15) is 0 Å². The second-order valence-corrected chi connectivity index (χ2v) is 5.52. The normalized spacial score (nSPS) is 10.2. The number of nitrogens with one attached hydrogen (secondary N) is 1. The predicted octanol–water partition coefficient (Wildman–Crippen LogP) is 4.47. The number of rotatable bonds is 9. The maximum Gasteiger partial charge on any atom is 0.120 e. The first-order chi connectivity index (χ1) is 10.8. The largest absolute Gasteiger partial charge is 0.489 e. The van der Waals surface area contributed by atoms with Crippen molar-refractivity contribution in [1.29, 1.82) is 0 Å². The summed E-state index contributed by atoms with van der Waals surface area (Å²) < 4.78 is 10.9. The van der Waals surface area contributed by atoms with Crippen molar-refractivity contribution >= 4 is 24.0 Å². The van der Waals surface area contributed by atoms with Gasteiger partial charge in [-0.15, -0.1) is 12.4 Å². The molecular weight excluding hydrogens is 333 g/mol. The van der Waals surface area contributed by atoms with Crippen molar-refractivity contribution in [2.45, 2.75) is 19.6 Å². The summed E-state index contributed by atoms with van der Waals surface area (Å²) in [7, 11) is 1.72. The summed E-state index contributed by atoms with van der Waals surface area (Å²) in [5, 5.41) is 4.13. The molecule has 0 aliphatic heterocycles. The minimum absolute atomic E-state index is 0. The third kappa shape index (κ3) is 7.71. The van der Waals surface area contributed by atoms with Crippen LogP contribution < -0.4 is 10.1 Å². The maximum atomic E-state index is 5.87. The maximum absolute atomic E-state index is 5.87. The van der Waals surface area contributed by atoms with Gasteiger partial charge in [0.05, 0.1) is 0 Å². The first kappa shape index (κ1) is 19.8. The van der Waals surface area contributed by atoms with Crippen LogP contribution in [0.15, 0.2) is 48.5 Å². The fourth-order valence-corrected chi connectivity index (χ4v) is 2.19. The molecule has 23 heavy (non-hydrogen) atoms. The molecule has 5 heteroatoms. The van der Waals surface area contributed by atoms with Crippen molar-refractivity contribution in [3.63, 3.8) is 0 Å². The van der Waals surface area contributed by atoms with Gasteiger partial charge in [-0.05, 0) is 48.4 Å². The second-order valence-electron chi connectivity index (χ2n) is 5.09. The third-order valence-electron chi connectivity index (χ3n) is 3.25. The zero-order valence-corrected chi connectivity index (χ0v) is 14.8. The molecule has 0 saturated heterocycles. The predicted molar refractivity (Wildman–Crippen MR) is 97.7 cm³/mol. The minimum atomic E-state index is 0. The van der Waals surface area contributed by atoms with Gasteiger partial charge in [-0.1, -0.05) is 35.9 Å². The van der Waals surface area contributed by atoms with Crippen molar-refractivity contribution < 1.29 is 9.47 Å². The zero-order valence-electron chi connectivity index (χ0n) is 13.3. The number of halogens is 2. The summed E-state index contributed by atoms with van der Waals surface area (Å²) >= 11 is 5.87. The van der Waals surface area contributed by atoms with E-state index < -0.39 is 0 Å². The van der Waals surface area contributed by atoms with Gasteiger partial charge in [-0.25, -0.2) is 0 Å². The van der Waals surface area contributed by atoms with Gasteiger partial charge in [-0.3, -0.25) is 0 Å². The molecule has 3 nitrogen and oxygen atoms in total. The van der Waals surface area contributed by atoms with Crippen molar-refractivity contribution in [3.8, 4) is 5.75 Å². The van der Waals surface area contributed by atoms with Gasteiger partial charge in [0.1, 0.15) is 12.4 Å². The molecule has 0 radical (unpaired) electrons. The third-order valence-corrected chi connectivity index (χ3v) is 3.50. The van der Waals surface area contributed by atoms with Crippen LogP contribution >= 0.6 is 24.0 Å². The van der Waals surface area contributed by atoms with E-state index in [0.717, 1.165) is 42.5 Å². The lowest BCUT2D eigenvalue weighted by Crippen LogP contribution is -2.16. The fraction of sp³-hybridized carbons (Fsp3) is 0.333. The number of hydrogen-bond acceptors (Lipinski definition) is 3. The van der Waals surface area contributed by atoms with Crippen LogP contribution in [-0.4, -0.2) is 20.3 Å². The highest BCUT2D eigenvalue weighted by Gasteiger charge is 1.99. The van der Waals surface area contributed by atoms with Gasteiger partial charge in [0.15, 0.2) is 0 Å². The van der Waals surface area contributed by atoms with Gasteiger partial charge in [0.25, 0.3) is 0 Å². The molecule has 0 bridgehead atoms. The Morgan fingerprint density at radius 2 is 1.83 bits per heavy atom. The Morgan fingerprint density at radius 3 is 2.57 bits per heavy atom. The highest BCUT2D eigenvalue weighted by molar-refractivity contribution is 6.30.